The van der Waals surface area contributed by atoms with Crippen LogP contribution in [-0.2, 0) is 9.53 Å². The summed E-state index contributed by atoms with van der Waals surface area (Å²) in [5.41, 5.74) is 1.24. The number of ketones is 2. The normalized spacial score (nSPS) is 19.0. The van der Waals surface area contributed by atoms with Crippen molar-refractivity contribution in [1.82, 2.24) is 0 Å². The maximum Gasteiger partial charge on any atom is 0.171 e. The molecule has 0 amide bonds. The van der Waals surface area contributed by atoms with Crippen molar-refractivity contribution < 1.29 is 18.7 Å². The van der Waals surface area contributed by atoms with Gasteiger partial charge in [0.1, 0.15) is 11.6 Å². The molecule has 0 radical (unpaired) electrons. The molecule has 1 saturated heterocycles. The van der Waals surface area contributed by atoms with E-state index in [1.54, 1.807) is 0 Å². The van der Waals surface area contributed by atoms with Gasteiger partial charge in [-0.15, -0.1) is 0 Å². The first-order valence-corrected chi connectivity index (χ1v) is 9.45. The van der Waals surface area contributed by atoms with E-state index in [0.717, 1.165) is 12.0 Å². The van der Waals surface area contributed by atoms with Crippen molar-refractivity contribution in [3.8, 4) is 0 Å². The Bertz CT molecular complexity index is 777. The minimum atomic E-state index is -0.599. The Kier molecular flexibility index (Phi) is 6.17. The number of carbonyl (C=O) groups is 2. The quantitative estimate of drug-likeness (QED) is 0.667. The van der Waals surface area contributed by atoms with Crippen LogP contribution in [0.4, 0.5) is 4.39 Å². The van der Waals surface area contributed by atoms with E-state index in [0.29, 0.717) is 18.8 Å². The molecule has 142 valence electrons. The molecule has 1 fully saturated rings. The summed E-state index contributed by atoms with van der Waals surface area (Å²) in [6.45, 7) is 4.84. The number of hydrogen-bond acceptors (Lipinski definition) is 3. The number of ether oxygens (including phenoxy) is 1. The predicted octanol–water partition coefficient (Wildman–Crippen LogP) is 4.67. The third-order valence-corrected chi connectivity index (χ3v) is 5.30. The number of hydrogen-bond donors (Lipinski definition) is 0. The molecule has 3 nitrogen and oxygen atoms in total. The maximum atomic E-state index is 13.5. The van der Waals surface area contributed by atoms with E-state index in [1.165, 1.54) is 24.3 Å². The Morgan fingerprint density at radius 3 is 2.26 bits per heavy atom. The molecule has 0 aliphatic carbocycles. The molecule has 0 N–H and O–H groups in total. The van der Waals surface area contributed by atoms with Crippen molar-refractivity contribution in [1.29, 1.82) is 0 Å². The molecule has 1 aliphatic rings. The molecule has 27 heavy (non-hydrogen) atoms. The summed E-state index contributed by atoms with van der Waals surface area (Å²) in [6, 6.07) is 15.0. The fourth-order valence-electron chi connectivity index (χ4n) is 3.87. The Labute approximate surface area is 159 Å². The first-order valence-electron chi connectivity index (χ1n) is 9.45. The summed E-state index contributed by atoms with van der Waals surface area (Å²) in [5, 5.41) is 0. The highest BCUT2D eigenvalue weighted by Crippen LogP contribution is 2.39. The second-order valence-corrected chi connectivity index (χ2v) is 7.47. The van der Waals surface area contributed by atoms with Crippen molar-refractivity contribution in [2.24, 2.45) is 17.8 Å². The van der Waals surface area contributed by atoms with Gasteiger partial charge in [-0.2, -0.15) is 0 Å². The van der Waals surface area contributed by atoms with Gasteiger partial charge >= 0.3 is 0 Å². The lowest BCUT2D eigenvalue weighted by Crippen LogP contribution is -2.36. The van der Waals surface area contributed by atoms with Crippen LogP contribution in [0.3, 0.4) is 0 Å². The zero-order chi connectivity index (χ0) is 19.4. The van der Waals surface area contributed by atoms with E-state index in [9.17, 15) is 14.0 Å². The summed E-state index contributed by atoms with van der Waals surface area (Å²) in [5.74, 6) is -1.67. The van der Waals surface area contributed by atoms with Crippen molar-refractivity contribution >= 4 is 11.6 Å². The predicted molar refractivity (Wildman–Crippen MR) is 102 cm³/mol. The molecule has 3 atom stereocenters. The second-order valence-electron chi connectivity index (χ2n) is 7.47. The molecule has 0 saturated carbocycles. The Hall–Kier alpha value is -2.33. The third kappa shape index (κ3) is 4.33. The minimum Gasteiger partial charge on any atom is -0.381 e. The van der Waals surface area contributed by atoms with E-state index in [1.807, 2.05) is 44.2 Å². The van der Waals surface area contributed by atoms with E-state index < -0.39 is 11.8 Å². The zero-order valence-corrected chi connectivity index (χ0v) is 15.7. The highest BCUT2D eigenvalue weighted by atomic mass is 19.1. The average molecular weight is 368 g/mol. The van der Waals surface area contributed by atoms with Crippen LogP contribution in [0.1, 0.15) is 42.1 Å². The molecule has 3 unspecified atom stereocenters. The smallest absolute Gasteiger partial charge is 0.171 e. The fraction of sp³-hybridized carbons (Fsp3) is 0.391. The monoisotopic (exact) mass is 368 g/mol. The van der Waals surface area contributed by atoms with Crippen LogP contribution in [-0.4, -0.2) is 24.8 Å². The number of benzene rings is 2. The lowest BCUT2D eigenvalue weighted by atomic mass is 9.70. The molecule has 0 bridgehead atoms. The molecule has 3 rings (SSSR count). The standard InChI is InChI=1S/C23H25FO3/c1-15(2)22(25)21(18-12-13-27-14-18)20(16-6-4-3-5-7-16)23(26)17-8-10-19(24)11-9-17/h3-11,15,18,20-21H,12-14H2,1-2H3. The lowest BCUT2D eigenvalue weighted by molar-refractivity contribution is -0.128. The van der Waals surface area contributed by atoms with Crippen molar-refractivity contribution in [3.05, 3.63) is 71.5 Å². The first kappa shape index (κ1) is 19.4. The first-order chi connectivity index (χ1) is 13.0. The number of rotatable bonds is 7. The largest absolute Gasteiger partial charge is 0.381 e. The SMILES string of the molecule is CC(C)C(=O)C(C1CCOC1)C(C(=O)c1ccc(F)cc1)c1ccccc1. The highest BCUT2D eigenvalue weighted by molar-refractivity contribution is 6.04. The van der Waals surface area contributed by atoms with Gasteiger partial charge in [0, 0.05) is 24.0 Å². The molecule has 4 heteroatoms. The van der Waals surface area contributed by atoms with Crippen LogP contribution < -0.4 is 0 Å². The summed E-state index contributed by atoms with van der Waals surface area (Å²) in [4.78, 5) is 26.6. The van der Waals surface area contributed by atoms with Gasteiger partial charge in [0.15, 0.2) is 5.78 Å². The van der Waals surface area contributed by atoms with Crippen LogP contribution in [0.25, 0.3) is 0 Å². The molecule has 2 aromatic rings. The Morgan fingerprint density at radius 1 is 1.04 bits per heavy atom. The third-order valence-electron chi connectivity index (χ3n) is 5.30. The van der Waals surface area contributed by atoms with E-state index >= 15 is 0 Å². The number of carbonyl (C=O) groups excluding carboxylic acids is 2. The fourth-order valence-corrected chi connectivity index (χ4v) is 3.87. The van der Waals surface area contributed by atoms with E-state index in [4.69, 9.17) is 4.74 Å². The molecular formula is C23H25FO3. The number of halogens is 1. The molecule has 0 spiro atoms. The van der Waals surface area contributed by atoms with Crippen LogP contribution in [0.15, 0.2) is 54.6 Å². The van der Waals surface area contributed by atoms with Gasteiger partial charge in [0.05, 0.1) is 12.5 Å². The van der Waals surface area contributed by atoms with Crippen LogP contribution in [0.2, 0.25) is 0 Å². The molecular weight excluding hydrogens is 343 g/mol. The van der Waals surface area contributed by atoms with Gasteiger partial charge in [-0.25, -0.2) is 4.39 Å². The van der Waals surface area contributed by atoms with Crippen molar-refractivity contribution in [2.45, 2.75) is 26.2 Å². The van der Waals surface area contributed by atoms with E-state index in [2.05, 4.69) is 0 Å². The van der Waals surface area contributed by atoms with Gasteiger partial charge < -0.3 is 4.74 Å². The molecule has 0 aromatic heterocycles. The minimum absolute atomic E-state index is 0.00880. The molecule has 1 heterocycles. The van der Waals surface area contributed by atoms with Gasteiger partial charge in [0.25, 0.3) is 0 Å². The van der Waals surface area contributed by atoms with Gasteiger partial charge in [-0.1, -0.05) is 44.2 Å². The van der Waals surface area contributed by atoms with Crippen LogP contribution in [0.5, 0.6) is 0 Å². The summed E-state index contributed by atoms with van der Waals surface area (Å²) in [6.07, 6.45) is 0.767. The van der Waals surface area contributed by atoms with Crippen LogP contribution in [0, 0.1) is 23.6 Å². The highest BCUT2D eigenvalue weighted by Gasteiger charge is 2.42. The number of Topliss-reactive ketones (excluding diaryl/α,β-unsaturated/α-hetero) is 2. The topological polar surface area (TPSA) is 43.4 Å². The Morgan fingerprint density at radius 2 is 1.70 bits per heavy atom. The Balaban J connectivity index is 2.07. The molecule has 2 aromatic carbocycles. The maximum absolute atomic E-state index is 13.5. The summed E-state index contributed by atoms with van der Waals surface area (Å²) >= 11 is 0. The van der Waals surface area contributed by atoms with E-state index in [-0.39, 0.29) is 29.2 Å². The average Bonchev–Trinajstić information content (AvgIpc) is 3.20. The lowest BCUT2D eigenvalue weighted by Gasteiger charge is -2.31. The zero-order valence-electron chi connectivity index (χ0n) is 15.7. The van der Waals surface area contributed by atoms with Gasteiger partial charge in [0.2, 0.25) is 0 Å². The van der Waals surface area contributed by atoms with Gasteiger partial charge in [-0.3, -0.25) is 9.59 Å². The van der Waals surface area contributed by atoms with Crippen LogP contribution >= 0.6 is 0 Å². The summed E-state index contributed by atoms with van der Waals surface area (Å²) < 4.78 is 18.9. The second kappa shape index (κ2) is 8.57. The summed E-state index contributed by atoms with van der Waals surface area (Å²) in [7, 11) is 0. The van der Waals surface area contributed by atoms with Crippen molar-refractivity contribution in [3.63, 3.8) is 0 Å². The molecule has 1 aliphatic heterocycles. The van der Waals surface area contributed by atoms with Gasteiger partial charge in [-0.05, 0) is 42.2 Å². The van der Waals surface area contributed by atoms with Crippen molar-refractivity contribution in [2.75, 3.05) is 13.2 Å².